The predicted molar refractivity (Wildman–Crippen MR) is 88.5 cm³/mol. The fourth-order valence-corrected chi connectivity index (χ4v) is 3.78. The zero-order chi connectivity index (χ0) is 15.6. The van der Waals surface area contributed by atoms with Crippen molar-refractivity contribution >= 4 is 11.0 Å². The summed E-state index contributed by atoms with van der Waals surface area (Å²) in [5, 5.41) is 14.9. The Labute approximate surface area is 135 Å². The van der Waals surface area contributed by atoms with Gasteiger partial charge in [0.25, 0.3) is 0 Å². The highest BCUT2D eigenvalue weighted by Gasteiger charge is 2.27. The molecule has 23 heavy (non-hydrogen) atoms. The van der Waals surface area contributed by atoms with Crippen LogP contribution < -0.4 is 0 Å². The SMILES string of the molecule is N#CCC(C1CCCC1)n1cc(-c2ccnc3[nH]ccc23)cn1. The van der Waals surface area contributed by atoms with E-state index in [0.717, 1.165) is 22.2 Å². The Balaban J connectivity index is 1.70. The summed E-state index contributed by atoms with van der Waals surface area (Å²) in [6, 6.07) is 6.60. The molecule has 1 atom stereocenters. The van der Waals surface area contributed by atoms with Crippen LogP contribution >= 0.6 is 0 Å². The highest BCUT2D eigenvalue weighted by molar-refractivity contribution is 5.92. The fraction of sp³-hybridized carbons (Fsp3) is 0.389. The van der Waals surface area contributed by atoms with E-state index in [1.54, 1.807) is 0 Å². The third-order valence-corrected chi connectivity index (χ3v) is 4.96. The van der Waals surface area contributed by atoms with Crippen molar-refractivity contribution in [2.24, 2.45) is 5.92 Å². The van der Waals surface area contributed by atoms with Crippen LogP contribution in [-0.2, 0) is 0 Å². The molecule has 0 spiro atoms. The second-order valence-corrected chi connectivity index (χ2v) is 6.28. The minimum Gasteiger partial charge on any atom is -0.346 e. The molecule has 1 unspecified atom stereocenters. The first-order valence-electron chi connectivity index (χ1n) is 8.20. The van der Waals surface area contributed by atoms with Gasteiger partial charge in [0, 0.05) is 29.5 Å². The molecule has 1 aliphatic carbocycles. The number of nitrogens with zero attached hydrogens (tertiary/aromatic N) is 4. The van der Waals surface area contributed by atoms with E-state index in [0.29, 0.717) is 12.3 Å². The van der Waals surface area contributed by atoms with Gasteiger partial charge in [-0.25, -0.2) is 4.98 Å². The summed E-state index contributed by atoms with van der Waals surface area (Å²) in [6.45, 7) is 0. The molecule has 4 rings (SSSR count). The van der Waals surface area contributed by atoms with Crippen molar-refractivity contribution in [1.29, 1.82) is 5.26 Å². The molecule has 0 bridgehead atoms. The normalized spacial score (nSPS) is 16.7. The molecular formula is C18H19N5. The third-order valence-electron chi connectivity index (χ3n) is 4.96. The van der Waals surface area contributed by atoms with Crippen molar-refractivity contribution in [1.82, 2.24) is 19.7 Å². The van der Waals surface area contributed by atoms with Crippen LogP contribution in [0.2, 0.25) is 0 Å². The number of aromatic amines is 1. The summed E-state index contributed by atoms with van der Waals surface area (Å²) in [4.78, 5) is 7.48. The molecule has 0 aliphatic heterocycles. The molecule has 1 saturated carbocycles. The van der Waals surface area contributed by atoms with Gasteiger partial charge in [0.05, 0.1) is 24.7 Å². The minimum atomic E-state index is 0.194. The Morgan fingerprint density at radius 1 is 1.35 bits per heavy atom. The third kappa shape index (κ3) is 2.50. The molecule has 3 aromatic rings. The van der Waals surface area contributed by atoms with Crippen molar-refractivity contribution in [3.05, 3.63) is 36.9 Å². The maximum Gasteiger partial charge on any atom is 0.137 e. The number of hydrogen-bond acceptors (Lipinski definition) is 3. The maximum atomic E-state index is 9.19. The zero-order valence-electron chi connectivity index (χ0n) is 12.9. The lowest BCUT2D eigenvalue weighted by Gasteiger charge is -2.21. The van der Waals surface area contributed by atoms with Crippen molar-refractivity contribution < 1.29 is 0 Å². The summed E-state index contributed by atoms with van der Waals surface area (Å²) in [5.74, 6) is 0.576. The van der Waals surface area contributed by atoms with Crippen LogP contribution in [-0.4, -0.2) is 19.7 Å². The van der Waals surface area contributed by atoms with Gasteiger partial charge in [-0.1, -0.05) is 12.8 Å². The van der Waals surface area contributed by atoms with Crippen LogP contribution in [0.3, 0.4) is 0 Å². The number of rotatable bonds is 4. The molecule has 1 aliphatic rings. The molecule has 1 N–H and O–H groups in total. The molecule has 0 amide bonds. The number of nitriles is 1. The smallest absolute Gasteiger partial charge is 0.137 e. The summed E-state index contributed by atoms with van der Waals surface area (Å²) in [6.07, 6.45) is 13.2. The van der Waals surface area contributed by atoms with E-state index in [-0.39, 0.29) is 6.04 Å². The number of hydrogen-bond donors (Lipinski definition) is 1. The lowest BCUT2D eigenvalue weighted by molar-refractivity contribution is 0.315. The largest absolute Gasteiger partial charge is 0.346 e. The van der Waals surface area contributed by atoms with Crippen LogP contribution in [0.5, 0.6) is 0 Å². The Bertz CT molecular complexity index is 848. The topological polar surface area (TPSA) is 70.3 Å². The van der Waals surface area contributed by atoms with Crippen molar-refractivity contribution in [3.8, 4) is 17.2 Å². The van der Waals surface area contributed by atoms with E-state index in [1.807, 2.05) is 35.4 Å². The molecule has 0 aromatic carbocycles. The van der Waals surface area contributed by atoms with Gasteiger partial charge < -0.3 is 4.98 Å². The van der Waals surface area contributed by atoms with Gasteiger partial charge in [-0.2, -0.15) is 10.4 Å². The van der Waals surface area contributed by atoms with Crippen LogP contribution in [0.4, 0.5) is 0 Å². The van der Waals surface area contributed by atoms with Gasteiger partial charge in [0.15, 0.2) is 0 Å². The van der Waals surface area contributed by atoms with Crippen molar-refractivity contribution in [2.75, 3.05) is 0 Å². The van der Waals surface area contributed by atoms with E-state index in [9.17, 15) is 5.26 Å². The Kier molecular flexibility index (Phi) is 3.58. The standard InChI is InChI=1S/C18H19N5/c19-8-5-17(13-3-1-2-4-13)23-12-14(11-22-23)15-6-9-20-18-16(15)7-10-21-18/h6-7,9-13,17H,1-5H2,(H,20,21). The molecule has 0 saturated heterocycles. The summed E-state index contributed by atoms with van der Waals surface area (Å²) in [7, 11) is 0. The molecule has 5 heteroatoms. The second kappa shape index (κ2) is 5.88. The maximum absolute atomic E-state index is 9.19. The molecule has 3 aromatic heterocycles. The average molecular weight is 305 g/mol. The van der Waals surface area contributed by atoms with E-state index in [1.165, 1.54) is 25.7 Å². The molecule has 1 fully saturated rings. The van der Waals surface area contributed by atoms with Crippen molar-refractivity contribution in [2.45, 2.75) is 38.1 Å². The van der Waals surface area contributed by atoms with E-state index < -0.39 is 0 Å². The monoisotopic (exact) mass is 305 g/mol. The molecular weight excluding hydrogens is 286 g/mol. The summed E-state index contributed by atoms with van der Waals surface area (Å²) in [5.41, 5.74) is 3.10. The fourth-order valence-electron chi connectivity index (χ4n) is 3.78. The first-order chi connectivity index (χ1) is 11.4. The van der Waals surface area contributed by atoms with Gasteiger partial charge in [-0.15, -0.1) is 0 Å². The Morgan fingerprint density at radius 3 is 3.04 bits per heavy atom. The van der Waals surface area contributed by atoms with Crippen LogP contribution in [0.1, 0.15) is 38.1 Å². The molecule has 5 nitrogen and oxygen atoms in total. The number of nitrogens with one attached hydrogen (secondary N) is 1. The van der Waals surface area contributed by atoms with Crippen molar-refractivity contribution in [3.63, 3.8) is 0 Å². The molecule has 116 valence electrons. The Morgan fingerprint density at radius 2 is 2.22 bits per heavy atom. The highest BCUT2D eigenvalue weighted by atomic mass is 15.3. The Hall–Kier alpha value is -2.61. The van der Waals surface area contributed by atoms with Gasteiger partial charge in [0.2, 0.25) is 0 Å². The van der Waals surface area contributed by atoms with E-state index in [4.69, 9.17) is 0 Å². The molecule has 0 radical (unpaired) electrons. The van der Waals surface area contributed by atoms with Crippen LogP contribution in [0, 0.1) is 17.2 Å². The first-order valence-corrected chi connectivity index (χ1v) is 8.20. The lowest BCUT2D eigenvalue weighted by Crippen LogP contribution is -2.17. The minimum absolute atomic E-state index is 0.194. The van der Waals surface area contributed by atoms with Gasteiger partial charge in [0.1, 0.15) is 5.65 Å². The van der Waals surface area contributed by atoms with Crippen LogP contribution in [0.25, 0.3) is 22.2 Å². The number of pyridine rings is 1. The number of H-pyrrole nitrogens is 1. The van der Waals surface area contributed by atoms with Gasteiger partial charge in [-0.3, -0.25) is 4.68 Å². The van der Waals surface area contributed by atoms with Crippen LogP contribution in [0.15, 0.2) is 36.9 Å². The highest BCUT2D eigenvalue weighted by Crippen LogP contribution is 2.36. The van der Waals surface area contributed by atoms with Gasteiger partial charge >= 0.3 is 0 Å². The van der Waals surface area contributed by atoms with Gasteiger partial charge in [-0.05, 0) is 36.5 Å². The number of aromatic nitrogens is 4. The van der Waals surface area contributed by atoms with E-state index >= 15 is 0 Å². The predicted octanol–water partition coefficient (Wildman–Crippen LogP) is 4.07. The average Bonchev–Trinajstić information content (AvgIpc) is 3.32. The number of fused-ring (bicyclic) bond motifs is 1. The first kappa shape index (κ1) is 14.0. The molecule has 3 heterocycles. The lowest BCUT2D eigenvalue weighted by atomic mass is 9.96. The van der Waals surface area contributed by atoms with E-state index in [2.05, 4.69) is 27.3 Å². The zero-order valence-corrected chi connectivity index (χ0v) is 12.9. The summed E-state index contributed by atoms with van der Waals surface area (Å²) >= 11 is 0. The second-order valence-electron chi connectivity index (χ2n) is 6.28. The summed E-state index contributed by atoms with van der Waals surface area (Å²) < 4.78 is 2.01. The quantitative estimate of drug-likeness (QED) is 0.789.